The van der Waals surface area contributed by atoms with Crippen molar-refractivity contribution in [1.82, 2.24) is 19.5 Å². The van der Waals surface area contributed by atoms with Gasteiger partial charge in [0.25, 0.3) is 0 Å². The fourth-order valence-corrected chi connectivity index (χ4v) is 3.38. The maximum Gasteiger partial charge on any atom is 0.338 e. The zero-order valence-corrected chi connectivity index (χ0v) is 18.4. The van der Waals surface area contributed by atoms with Gasteiger partial charge in [0.15, 0.2) is 11.5 Å². The zero-order valence-electron chi connectivity index (χ0n) is 18.4. The van der Waals surface area contributed by atoms with Crippen LogP contribution in [0.15, 0.2) is 23.0 Å². The number of anilines is 1. The number of H-pyrrole nitrogens is 1. The minimum absolute atomic E-state index is 0.117. The summed E-state index contributed by atoms with van der Waals surface area (Å²) in [5.41, 5.74) is 8.37. The summed E-state index contributed by atoms with van der Waals surface area (Å²) in [4.78, 5) is 36.3. The molecule has 0 aliphatic carbocycles. The molecular formula is C22H29N5O4. The number of ether oxygens (including phenoxy) is 2. The summed E-state index contributed by atoms with van der Waals surface area (Å²) in [6, 6.07) is 5.75. The van der Waals surface area contributed by atoms with Gasteiger partial charge in [-0.2, -0.15) is 9.97 Å². The van der Waals surface area contributed by atoms with Crippen LogP contribution in [0, 0.1) is 5.92 Å². The van der Waals surface area contributed by atoms with E-state index in [2.05, 4.69) is 35.7 Å². The molecule has 0 unspecified atom stereocenters. The highest BCUT2D eigenvalue weighted by atomic mass is 16.5. The molecule has 0 atom stereocenters. The van der Waals surface area contributed by atoms with Crippen molar-refractivity contribution in [3.05, 3.63) is 45.4 Å². The first-order valence-corrected chi connectivity index (χ1v) is 10.4. The molecule has 31 heavy (non-hydrogen) atoms. The number of imidazole rings is 1. The Hall–Kier alpha value is -3.36. The second-order valence-corrected chi connectivity index (χ2v) is 7.89. The number of aromatic amines is 1. The number of esters is 1. The van der Waals surface area contributed by atoms with Crippen molar-refractivity contribution in [1.29, 1.82) is 0 Å². The van der Waals surface area contributed by atoms with E-state index >= 15 is 0 Å². The fraction of sp³-hybridized carbons (Fsp3) is 0.455. The van der Waals surface area contributed by atoms with Crippen LogP contribution in [0.4, 0.5) is 5.82 Å². The molecule has 1 aromatic carbocycles. The van der Waals surface area contributed by atoms with E-state index in [1.807, 2.05) is 18.2 Å². The summed E-state index contributed by atoms with van der Waals surface area (Å²) in [5.74, 6) is 0.123. The molecule has 0 bridgehead atoms. The largest absolute Gasteiger partial charge is 0.465 e. The van der Waals surface area contributed by atoms with E-state index in [4.69, 9.17) is 15.2 Å². The average Bonchev–Trinajstić information content (AvgIpc) is 3.04. The van der Waals surface area contributed by atoms with Crippen LogP contribution in [-0.4, -0.2) is 39.2 Å². The van der Waals surface area contributed by atoms with Gasteiger partial charge in [-0.1, -0.05) is 39.3 Å². The summed E-state index contributed by atoms with van der Waals surface area (Å²) >= 11 is 0. The van der Waals surface area contributed by atoms with Crippen LogP contribution in [0.1, 0.15) is 55.1 Å². The first-order chi connectivity index (χ1) is 14.8. The molecule has 3 rings (SSSR count). The highest BCUT2D eigenvalue weighted by Gasteiger charge is 2.19. The van der Waals surface area contributed by atoms with Gasteiger partial charge in [-0.25, -0.2) is 9.59 Å². The van der Waals surface area contributed by atoms with Crippen molar-refractivity contribution in [2.45, 2.75) is 46.6 Å². The molecule has 0 amide bonds. The van der Waals surface area contributed by atoms with Gasteiger partial charge in [-0.15, -0.1) is 0 Å². The topological polar surface area (TPSA) is 125 Å². The lowest BCUT2D eigenvalue weighted by molar-refractivity contribution is 0.0599. The van der Waals surface area contributed by atoms with Crippen molar-refractivity contribution in [3.8, 4) is 6.01 Å². The number of nitrogens with zero attached hydrogens (tertiary/aromatic N) is 3. The Kier molecular flexibility index (Phi) is 6.94. The van der Waals surface area contributed by atoms with E-state index < -0.39 is 11.7 Å². The third kappa shape index (κ3) is 5.04. The van der Waals surface area contributed by atoms with Gasteiger partial charge in [-0.3, -0.25) is 4.57 Å². The SMILES string of the molecule is CCCCOc1nc(N)c2[nH]c(=O)n(Cc3ccc(CC(C)C)cc3C(=O)OC)c2n1. The van der Waals surface area contributed by atoms with Gasteiger partial charge in [0.05, 0.1) is 25.8 Å². The highest BCUT2D eigenvalue weighted by molar-refractivity contribution is 5.91. The first kappa shape index (κ1) is 22.3. The second kappa shape index (κ2) is 9.63. The lowest BCUT2D eigenvalue weighted by Gasteiger charge is -2.12. The molecule has 0 saturated heterocycles. The standard InChI is InChI=1S/C22H29N5O4/c1-5-6-9-31-21-25-18(23)17-19(26-21)27(22(29)24-17)12-15-8-7-14(10-13(2)3)11-16(15)20(28)30-4/h7-8,11,13H,5-6,9-10,12H2,1-4H3,(H,24,29)(H2,23,25,26). The molecule has 9 heteroatoms. The van der Waals surface area contributed by atoms with E-state index in [1.54, 1.807) is 0 Å². The third-order valence-electron chi connectivity index (χ3n) is 4.91. The van der Waals surface area contributed by atoms with E-state index in [-0.39, 0.29) is 18.4 Å². The predicted molar refractivity (Wildman–Crippen MR) is 118 cm³/mol. The Morgan fingerprint density at radius 2 is 2.06 bits per heavy atom. The van der Waals surface area contributed by atoms with Crippen LogP contribution in [-0.2, 0) is 17.7 Å². The van der Waals surface area contributed by atoms with E-state index in [9.17, 15) is 9.59 Å². The highest BCUT2D eigenvalue weighted by Crippen LogP contribution is 2.21. The minimum atomic E-state index is -0.453. The summed E-state index contributed by atoms with van der Waals surface area (Å²) in [5, 5.41) is 0. The maximum absolute atomic E-state index is 12.7. The second-order valence-electron chi connectivity index (χ2n) is 7.89. The number of fused-ring (bicyclic) bond motifs is 1. The van der Waals surface area contributed by atoms with Gasteiger partial charge in [0, 0.05) is 0 Å². The number of nitrogens with two attached hydrogens (primary N) is 1. The van der Waals surface area contributed by atoms with Crippen LogP contribution >= 0.6 is 0 Å². The number of nitrogens with one attached hydrogen (secondary N) is 1. The summed E-state index contributed by atoms with van der Waals surface area (Å²) in [6.07, 6.45) is 2.65. The Bertz CT molecular complexity index is 1130. The van der Waals surface area contributed by atoms with Crippen molar-refractivity contribution >= 4 is 23.0 Å². The van der Waals surface area contributed by atoms with Crippen LogP contribution in [0.3, 0.4) is 0 Å². The van der Waals surface area contributed by atoms with E-state index in [1.165, 1.54) is 11.7 Å². The first-order valence-electron chi connectivity index (χ1n) is 10.4. The predicted octanol–water partition coefficient (Wildman–Crippen LogP) is 2.91. The van der Waals surface area contributed by atoms with Crippen molar-refractivity contribution in [3.63, 3.8) is 0 Å². The lowest BCUT2D eigenvalue weighted by atomic mass is 9.97. The molecule has 0 fully saturated rings. The smallest absolute Gasteiger partial charge is 0.338 e. The lowest BCUT2D eigenvalue weighted by Crippen LogP contribution is -2.20. The Balaban J connectivity index is 2.03. The molecule has 0 saturated carbocycles. The van der Waals surface area contributed by atoms with Crippen LogP contribution in [0.25, 0.3) is 11.2 Å². The van der Waals surface area contributed by atoms with Crippen LogP contribution in [0.2, 0.25) is 0 Å². The number of carbonyl (C=O) groups is 1. The Labute approximate surface area is 180 Å². The molecule has 0 radical (unpaired) electrons. The fourth-order valence-electron chi connectivity index (χ4n) is 3.38. The summed E-state index contributed by atoms with van der Waals surface area (Å²) in [6.45, 7) is 6.86. The molecule has 3 aromatic rings. The van der Waals surface area contributed by atoms with Crippen LogP contribution in [0.5, 0.6) is 6.01 Å². The number of benzene rings is 1. The molecule has 0 aliphatic rings. The number of hydrogen-bond donors (Lipinski definition) is 2. The maximum atomic E-state index is 12.7. The monoisotopic (exact) mass is 427 g/mol. The molecule has 3 N–H and O–H groups in total. The molecule has 0 aliphatic heterocycles. The summed E-state index contributed by atoms with van der Waals surface area (Å²) in [7, 11) is 1.34. The number of nitrogen functional groups attached to an aromatic ring is 1. The Morgan fingerprint density at radius 3 is 2.74 bits per heavy atom. The molecule has 9 nitrogen and oxygen atoms in total. The zero-order chi connectivity index (χ0) is 22.5. The number of rotatable bonds is 9. The minimum Gasteiger partial charge on any atom is -0.465 e. The van der Waals surface area contributed by atoms with Crippen LogP contribution < -0.4 is 16.2 Å². The molecule has 2 heterocycles. The number of methoxy groups -OCH3 is 1. The van der Waals surface area contributed by atoms with Gasteiger partial charge >= 0.3 is 17.7 Å². The van der Waals surface area contributed by atoms with Crippen molar-refractivity contribution < 1.29 is 14.3 Å². The van der Waals surface area contributed by atoms with Crippen molar-refractivity contribution in [2.24, 2.45) is 5.92 Å². The quantitative estimate of drug-likeness (QED) is 0.397. The number of aromatic nitrogens is 4. The number of unbranched alkanes of at least 4 members (excludes halogenated alkanes) is 1. The molecule has 166 valence electrons. The number of carbonyl (C=O) groups excluding carboxylic acids is 1. The van der Waals surface area contributed by atoms with Gasteiger partial charge in [0.1, 0.15) is 5.52 Å². The molecule has 2 aromatic heterocycles. The van der Waals surface area contributed by atoms with E-state index in [0.717, 1.165) is 24.8 Å². The number of hydrogen-bond acceptors (Lipinski definition) is 7. The Morgan fingerprint density at radius 1 is 1.29 bits per heavy atom. The van der Waals surface area contributed by atoms with Crippen molar-refractivity contribution in [2.75, 3.05) is 19.5 Å². The third-order valence-corrected chi connectivity index (χ3v) is 4.91. The normalized spacial score (nSPS) is 11.3. The van der Waals surface area contributed by atoms with Gasteiger partial charge in [0.2, 0.25) is 0 Å². The van der Waals surface area contributed by atoms with Gasteiger partial charge in [-0.05, 0) is 36.0 Å². The van der Waals surface area contributed by atoms with Gasteiger partial charge < -0.3 is 20.2 Å². The molecule has 0 spiro atoms. The van der Waals surface area contributed by atoms with E-state index in [0.29, 0.717) is 34.8 Å². The molecular weight excluding hydrogens is 398 g/mol. The average molecular weight is 428 g/mol. The summed E-state index contributed by atoms with van der Waals surface area (Å²) < 4.78 is 12.0.